The van der Waals surface area contributed by atoms with E-state index in [-0.39, 0.29) is 18.2 Å². The first-order chi connectivity index (χ1) is 20.4. The highest BCUT2D eigenvalue weighted by molar-refractivity contribution is 14.1. The molecule has 0 spiro atoms. The van der Waals surface area contributed by atoms with Gasteiger partial charge in [0.05, 0.1) is 10.7 Å². The molecule has 0 unspecified atom stereocenters. The largest absolute Gasteiger partial charge is 0.493 e. The van der Waals surface area contributed by atoms with E-state index in [4.69, 9.17) is 32.7 Å². The van der Waals surface area contributed by atoms with Crippen LogP contribution in [0.2, 0.25) is 10.0 Å². The Labute approximate surface area is 269 Å². The van der Waals surface area contributed by atoms with Gasteiger partial charge in [0.2, 0.25) is 0 Å². The van der Waals surface area contributed by atoms with Gasteiger partial charge in [-0.2, -0.15) is 0 Å². The summed E-state index contributed by atoms with van der Waals surface area (Å²) in [6.07, 6.45) is 4.23. The molecule has 0 radical (unpaired) electrons. The number of carbonyl (C=O) groups excluding carboxylic acids is 2. The zero-order valence-electron chi connectivity index (χ0n) is 23.2. The van der Waals surface area contributed by atoms with Crippen molar-refractivity contribution in [3.8, 4) is 11.5 Å². The van der Waals surface area contributed by atoms with Crippen molar-refractivity contribution in [2.24, 2.45) is 0 Å². The number of hydrogen-bond donors (Lipinski definition) is 0. The number of ether oxygens (including phenoxy) is 2. The average Bonchev–Trinajstić information content (AvgIpc) is 2.98. The molecular weight excluding hydrogens is 684 g/mol. The summed E-state index contributed by atoms with van der Waals surface area (Å²) in [5, 5.41) is 1.09. The number of halogens is 3. The van der Waals surface area contributed by atoms with E-state index >= 15 is 0 Å². The third-order valence-corrected chi connectivity index (χ3v) is 9.63. The monoisotopic (exact) mass is 713 g/mol. The molecule has 0 aromatic heterocycles. The molecule has 2 aliphatic carbocycles. The molecule has 6 rings (SSSR count). The summed E-state index contributed by atoms with van der Waals surface area (Å²) in [6.45, 7) is 0.883. The summed E-state index contributed by atoms with van der Waals surface area (Å²) in [5.74, 6) is 0.948. The highest BCUT2D eigenvalue weighted by atomic mass is 127. The molecule has 42 heavy (non-hydrogen) atoms. The summed E-state index contributed by atoms with van der Waals surface area (Å²) in [4.78, 5) is 29.7. The molecule has 3 aromatic rings. The zero-order chi connectivity index (χ0) is 29.4. The number of methoxy groups -OCH3 is 1. The van der Waals surface area contributed by atoms with Crippen LogP contribution in [-0.4, -0.2) is 23.6 Å². The second kappa shape index (κ2) is 12.4. The maximum atomic E-state index is 13.7. The Bertz CT molecular complexity index is 1590. The van der Waals surface area contributed by atoms with Crippen LogP contribution >= 0.6 is 45.8 Å². The molecular formula is C34H30Cl2INO4. The predicted octanol–water partition coefficient (Wildman–Crippen LogP) is 8.80. The van der Waals surface area contributed by atoms with Gasteiger partial charge in [-0.3, -0.25) is 9.59 Å². The fourth-order valence-electron chi connectivity index (χ4n) is 6.34. The first-order valence-corrected chi connectivity index (χ1v) is 16.0. The molecule has 3 aliphatic rings. The van der Waals surface area contributed by atoms with Crippen LogP contribution in [0.5, 0.6) is 11.5 Å². The lowest BCUT2D eigenvalue weighted by atomic mass is 9.71. The number of carbonyl (C=O) groups is 2. The fourth-order valence-corrected chi connectivity index (χ4v) is 7.59. The van der Waals surface area contributed by atoms with Crippen molar-refractivity contribution in [1.29, 1.82) is 0 Å². The van der Waals surface area contributed by atoms with Crippen LogP contribution in [0.4, 0.5) is 0 Å². The summed E-state index contributed by atoms with van der Waals surface area (Å²) >= 11 is 14.7. The van der Waals surface area contributed by atoms with Gasteiger partial charge in [-0.15, -0.1) is 0 Å². The molecule has 216 valence electrons. The van der Waals surface area contributed by atoms with Crippen molar-refractivity contribution in [2.45, 2.75) is 57.6 Å². The van der Waals surface area contributed by atoms with Gasteiger partial charge in [-0.25, -0.2) is 0 Å². The van der Waals surface area contributed by atoms with Crippen LogP contribution in [0, 0.1) is 3.57 Å². The molecule has 0 saturated heterocycles. The van der Waals surface area contributed by atoms with E-state index in [0.29, 0.717) is 40.9 Å². The number of rotatable bonds is 7. The van der Waals surface area contributed by atoms with Crippen LogP contribution < -0.4 is 9.47 Å². The predicted molar refractivity (Wildman–Crippen MR) is 173 cm³/mol. The Morgan fingerprint density at radius 2 is 1.55 bits per heavy atom. The third-order valence-electron chi connectivity index (χ3n) is 8.24. The Hall–Kier alpha value is -2.81. The van der Waals surface area contributed by atoms with Crippen molar-refractivity contribution in [3.63, 3.8) is 0 Å². The van der Waals surface area contributed by atoms with Crippen molar-refractivity contribution in [2.75, 3.05) is 7.11 Å². The molecule has 8 heteroatoms. The Morgan fingerprint density at radius 1 is 0.881 bits per heavy atom. The first kappa shape index (κ1) is 29.3. The number of ketones is 2. The van der Waals surface area contributed by atoms with Crippen LogP contribution in [-0.2, 0) is 22.7 Å². The van der Waals surface area contributed by atoms with Gasteiger partial charge in [-0.1, -0.05) is 59.6 Å². The number of hydrogen-bond acceptors (Lipinski definition) is 5. The van der Waals surface area contributed by atoms with Crippen molar-refractivity contribution in [1.82, 2.24) is 4.90 Å². The van der Waals surface area contributed by atoms with Crippen LogP contribution in [0.25, 0.3) is 0 Å². The molecule has 0 amide bonds. The van der Waals surface area contributed by atoms with Gasteiger partial charge in [0.15, 0.2) is 23.1 Å². The van der Waals surface area contributed by atoms with Crippen LogP contribution in [0.3, 0.4) is 0 Å². The highest BCUT2D eigenvalue weighted by Gasteiger charge is 2.43. The Morgan fingerprint density at radius 3 is 2.17 bits per heavy atom. The molecule has 0 bridgehead atoms. The maximum Gasteiger partial charge on any atom is 0.174 e. The summed E-state index contributed by atoms with van der Waals surface area (Å²) < 4.78 is 12.9. The van der Waals surface area contributed by atoms with E-state index < -0.39 is 5.92 Å². The second-order valence-electron chi connectivity index (χ2n) is 10.8. The van der Waals surface area contributed by atoms with Gasteiger partial charge in [0.25, 0.3) is 0 Å². The molecule has 0 fully saturated rings. The van der Waals surface area contributed by atoms with Gasteiger partial charge in [0, 0.05) is 63.5 Å². The standard InChI is InChI=1S/C34H30Cl2INO4/c1-41-30-16-22(15-25(37)34(30)42-19-21-13-14-23(35)17-24(21)36)31-32-26(9-5-11-28(32)39)38(18-20-7-3-2-4-8-20)27-10-6-12-29(40)33(27)31/h2-4,7-8,13-17,31H,5-6,9-12,18-19H2,1H3. The van der Waals surface area contributed by atoms with E-state index in [0.717, 1.165) is 68.5 Å². The smallest absolute Gasteiger partial charge is 0.174 e. The minimum absolute atomic E-state index is 0.121. The van der Waals surface area contributed by atoms with Crippen molar-refractivity contribution < 1.29 is 19.1 Å². The maximum absolute atomic E-state index is 13.7. The topological polar surface area (TPSA) is 55.8 Å². The summed E-state index contributed by atoms with van der Waals surface area (Å²) in [7, 11) is 1.60. The number of allylic oxidation sites excluding steroid dienone is 4. The average molecular weight is 714 g/mol. The third kappa shape index (κ3) is 5.61. The number of benzene rings is 3. The molecule has 3 aromatic carbocycles. The second-order valence-corrected chi connectivity index (χ2v) is 12.8. The number of Topliss-reactive ketones (excluding diaryl/α,β-unsaturated/α-hetero) is 2. The van der Waals surface area contributed by atoms with Gasteiger partial charge < -0.3 is 14.4 Å². The fraction of sp³-hybridized carbons (Fsp3) is 0.294. The lowest BCUT2D eigenvalue weighted by Gasteiger charge is -2.44. The Kier molecular flexibility index (Phi) is 8.66. The van der Waals surface area contributed by atoms with E-state index in [1.165, 1.54) is 0 Å². The van der Waals surface area contributed by atoms with Crippen LogP contribution in [0.1, 0.15) is 61.1 Å². The highest BCUT2D eigenvalue weighted by Crippen LogP contribution is 2.51. The minimum atomic E-state index is -0.426. The summed E-state index contributed by atoms with van der Waals surface area (Å²) in [5.41, 5.74) is 6.46. The van der Waals surface area contributed by atoms with Crippen molar-refractivity contribution in [3.05, 3.63) is 114 Å². The lowest BCUT2D eigenvalue weighted by Crippen LogP contribution is -2.38. The summed E-state index contributed by atoms with van der Waals surface area (Å²) in [6, 6.07) is 19.5. The molecule has 0 saturated carbocycles. The van der Waals surface area contributed by atoms with E-state index in [1.54, 1.807) is 19.2 Å². The van der Waals surface area contributed by atoms with Crippen molar-refractivity contribution >= 4 is 57.4 Å². The Balaban J connectivity index is 1.43. The normalized spacial score (nSPS) is 17.4. The first-order valence-electron chi connectivity index (χ1n) is 14.1. The van der Waals surface area contributed by atoms with E-state index in [9.17, 15) is 9.59 Å². The minimum Gasteiger partial charge on any atom is -0.493 e. The van der Waals surface area contributed by atoms with Gasteiger partial charge in [-0.05, 0) is 83.7 Å². The van der Waals surface area contributed by atoms with Gasteiger partial charge in [0.1, 0.15) is 6.61 Å². The quantitative estimate of drug-likeness (QED) is 0.229. The SMILES string of the molecule is COc1cc(C2C3=C(CCCC3=O)N(Cc3ccccc3)C3=C2C(=O)CCC3)cc(I)c1OCc1ccc(Cl)cc1Cl. The number of nitrogens with zero attached hydrogens (tertiary/aromatic N) is 1. The van der Waals surface area contributed by atoms with E-state index in [1.807, 2.05) is 36.4 Å². The lowest BCUT2D eigenvalue weighted by molar-refractivity contribution is -0.117. The van der Waals surface area contributed by atoms with E-state index in [2.05, 4.69) is 39.6 Å². The molecule has 1 heterocycles. The zero-order valence-corrected chi connectivity index (χ0v) is 26.9. The molecule has 1 aliphatic heterocycles. The van der Waals surface area contributed by atoms with Crippen LogP contribution in [0.15, 0.2) is 83.2 Å². The molecule has 0 atom stereocenters. The van der Waals surface area contributed by atoms with Gasteiger partial charge >= 0.3 is 0 Å². The molecule has 5 nitrogen and oxygen atoms in total. The molecule has 0 N–H and O–H groups in total.